The van der Waals surface area contributed by atoms with Crippen molar-refractivity contribution in [3.8, 4) is 5.75 Å². The first kappa shape index (κ1) is 10.2. The van der Waals surface area contributed by atoms with Crippen molar-refractivity contribution in [2.75, 3.05) is 13.1 Å². The summed E-state index contributed by atoms with van der Waals surface area (Å²) in [6.07, 6.45) is 6.58. The van der Waals surface area contributed by atoms with E-state index in [2.05, 4.69) is 23.5 Å². The highest BCUT2D eigenvalue weighted by molar-refractivity contribution is 5.38. The molecule has 16 heavy (non-hydrogen) atoms. The van der Waals surface area contributed by atoms with Crippen LogP contribution in [0.2, 0.25) is 0 Å². The third kappa shape index (κ3) is 2.07. The highest BCUT2D eigenvalue weighted by Gasteiger charge is 2.16. The van der Waals surface area contributed by atoms with Gasteiger partial charge in [0.05, 0.1) is 0 Å². The van der Waals surface area contributed by atoms with Gasteiger partial charge in [0.2, 0.25) is 0 Å². The molecule has 0 spiro atoms. The molecular weight excluding hydrogens is 198 g/mol. The second kappa shape index (κ2) is 4.46. The standard InChI is InChI=1S/C14H19NO/c1-3-11-6-7-13(9-12(11)4-1)16-14-5-2-8-15-10-14/h6-7,9,14-15H,1-5,8,10H2/t14-/m1/s1. The maximum atomic E-state index is 6.02. The zero-order valence-corrected chi connectivity index (χ0v) is 9.67. The van der Waals surface area contributed by atoms with Crippen molar-refractivity contribution < 1.29 is 4.74 Å². The van der Waals surface area contributed by atoms with Crippen LogP contribution < -0.4 is 10.1 Å². The first-order valence-corrected chi connectivity index (χ1v) is 6.41. The Labute approximate surface area is 97.0 Å². The van der Waals surface area contributed by atoms with E-state index in [0.717, 1.165) is 18.8 Å². The van der Waals surface area contributed by atoms with Crippen LogP contribution in [0.1, 0.15) is 30.4 Å². The molecule has 1 aromatic carbocycles. The molecule has 0 unspecified atom stereocenters. The van der Waals surface area contributed by atoms with Gasteiger partial charge in [-0.05, 0) is 61.9 Å². The van der Waals surface area contributed by atoms with Gasteiger partial charge in [0.25, 0.3) is 0 Å². The van der Waals surface area contributed by atoms with Crippen molar-refractivity contribution in [2.45, 2.75) is 38.2 Å². The van der Waals surface area contributed by atoms with E-state index in [1.54, 1.807) is 0 Å². The lowest BCUT2D eigenvalue weighted by molar-refractivity contribution is 0.167. The molecule has 1 N–H and O–H groups in total. The Morgan fingerprint density at radius 3 is 2.94 bits per heavy atom. The number of benzene rings is 1. The fraction of sp³-hybridized carbons (Fsp3) is 0.571. The molecule has 0 saturated carbocycles. The van der Waals surface area contributed by atoms with E-state index in [1.807, 2.05) is 0 Å². The number of aryl methyl sites for hydroxylation is 2. The van der Waals surface area contributed by atoms with Gasteiger partial charge in [0, 0.05) is 6.54 Å². The van der Waals surface area contributed by atoms with E-state index in [-0.39, 0.29) is 0 Å². The number of fused-ring (bicyclic) bond motifs is 1. The molecule has 0 radical (unpaired) electrons. The molecule has 1 aromatic rings. The Balaban J connectivity index is 1.69. The Morgan fingerprint density at radius 2 is 2.06 bits per heavy atom. The summed E-state index contributed by atoms with van der Waals surface area (Å²) in [5.41, 5.74) is 3.02. The summed E-state index contributed by atoms with van der Waals surface area (Å²) in [6, 6.07) is 6.63. The quantitative estimate of drug-likeness (QED) is 0.820. The number of rotatable bonds is 2. The lowest BCUT2D eigenvalue weighted by Gasteiger charge is -2.24. The minimum Gasteiger partial charge on any atom is -0.489 e. The number of piperidine rings is 1. The maximum absolute atomic E-state index is 6.02. The van der Waals surface area contributed by atoms with E-state index in [1.165, 1.54) is 43.2 Å². The highest BCUT2D eigenvalue weighted by Crippen LogP contribution is 2.27. The van der Waals surface area contributed by atoms with Crippen LogP contribution in [0.3, 0.4) is 0 Å². The smallest absolute Gasteiger partial charge is 0.120 e. The van der Waals surface area contributed by atoms with Crippen molar-refractivity contribution >= 4 is 0 Å². The van der Waals surface area contributed by atoms with Gasteiger partial charge in [-0.15, -0.1) is 0 Å². The second-order valence-electron chi connectivity index (χ2n) is 4.87. The predicted octanol–water partition coefficient (Wildman–Crippen LogP) is 2.31. The molecule has 1 saturated heterocycles. The fourth-order valence-corrected chi connectivity index (χ4v) is 2.73. The Morgan fingerprint density at radius 1 is 1.12 bits per heavy atom. The van der Waals surface area contributed by atoms with Crippen LogP contribution in [-0.2, 0) is 12.8 Å². The molecule has 1 fully saturated rings. The third-order valence-corrected chi connectivity index (χ3v) is 3.62. The number of hydrogen-bond donors (Lipinski definition) is 1. The van der Waals surface area contributed by atoms with Crippen molar-refractivity contribution in [1.82, 2.24) is 5.32 Å². The monoisotopic (exact) mass is 217 g/mol. The predicted molar refractivity (Wildman–Crippen MR) is 65.0 cm³/mol. The average molecular weight is 217 g/mol. The maximum Gasteiger partial charge on any atom is 0.120 e. The van der Waals surface area contributed by atoms with Crippen LogP contribution in [0.5, 0.6) is 5.75 Å². The average Bonchev–Trinajstić information content (AvgIpc) is 2.77. The number of nitrogens with one attached hydrogen (secondary N) is 1. The van der Waals surface area contributed by atoms with Gasteiger partial charge >= 0.3 is 0 Å². The van der Waals surface area contributed by atoms with Crippen LogP contribution in [0.25, 0.3) is 0 Å². The summed E-state index contributed by atoms with van der Waals surface area (Å²) in [4.78, 5) is 0. The molecule has 3 rings (SSSR count). The SMILES string of the molecule is c1cc2c(cc1O[C@@H]1CCCNC1)CCC2. The van der Waals surface area contributed by atoms with E-state index in [0.29, 0.717) is 6.10 Å². The summed E-state index contributed by atoms with van der Waals surface area (Å²) in [7, 11) is 0. The molecule has 1 aliphatic carbocycles. The molecule has 0 aromatic heterocycles. The second-order valence-corrected chi connectivity index (χ2v) is 4.87. The zero-order valence-electron chi connectivity index (χ0n) is 9.67. The summed E-state index contributed by atoms with van der Waals surface area (Å²) in [5.74, 6) is 1.06. The molecule has 2 nitrogen and oxygen atoms in total. The molecular formula is C14H19NO. The van der Waals surface area contributed by atoms with Gasteiger partial charge in [-0.3, -0.25) is 0 Å². The summed E-state index contributed by atoms with van der Waals surface area (Å²) < 4.78 is 6.02. The minimum absolute atomic E-state index is 0.369. The first-order valence-electron chi connectivity index (χ1n) is 6.41. The van der Waals surface area contributed by atoms with Crippen LogP contribution in [0.15, 0.2) is 18.2 Å². The normalized spacial score (nSPS) is 24.1. The molecule has 1 aliphatic heterocycles. The third-order valence-electron chi connectivity index (χ3n) is 3.62. The van der Waals surface area contributed by atoms with Gasteiger partial charge < -0.3 is 10.1 Å². The summed E-state index contributed by atoms with van der Waals surface area (Å²) in [5, 5.41) is 3.38. The molecule has 2 heteroatoms. The largest absolute Gasteiger partial charge is 0.489 e. The van der Waals surface area contributed by atoms with Gasteiger partial charge in [-0.2, -0.15) is 0 Å². The Bertz CT molecular complexity index is 369. The van der Waals surface area contributed by atoms with Crippen LogP contribution >= 0.6 is 0 Å². The molecule has 0 amide bonds. The van der Waals surface area contributed by atoms with Crippen molar-refractivity contribution in [1.29, 1.82) is 0 Å². The Hall–Kier alpha value is -1.02. The molecule has 1 atom stereocenters. The van der Waals surface area contributed by atoms with E-state index >= 15 is 0 Å². The van der Waals surface area contributed by atoms with Crippen molar-refractivity contribution in [3.63, 3.8) is 0 Å². The lowest BCUT2D eigenvalue weighted by Crippen LogP contribution is -2.37. The molecule has 1 heterocycles. The van der Waals surface area contributed by atoms with E-state index in [4.69, 9.17) is 4.74 Å². The van der Waals surface area contributed by atoms with Crippen LogP contribution in [0.4, 0.5) is 0 Å². The Kier molecular flexibility index (Phi) is 2.83. The lowest BCUT2D eigenvalue weighted by atomic mass is 10.1. The first-order chi connectivity index (χ1) is 7.92. The molecule has 2 aliphatic rings. The minimum atomic E-state index is 0.369. The van der Waals surface area contributed by atoms with Gasteiger partial charge in [-0.25, -0.2) is 0 Å². The topological polar surface area (TPSA) is 21.3 Å². The molecule has 0 bridgehead atoms. The van der Waals surface area contributed by atoms with Gasteiger partial charge in [0.1, 0.15) is 11.9 Å². The van der Waals surface area contributed by atoms with E-state index in [9.17, 15) is 0 Å². The van der Waals surface area contributed by atoms with Crippen molar-refractivity contribution in [3.05, 3.63) is 29.3 Å². The summed E-state index contributed by atoms with van der Waals surface area (Å²) in [6.45, 7) is 2.14. The summed E-state index contributed by atoms with van der Waals surface area (Å²) >= 11 is 0. The van der Waals surface area contributed by atoms with Gasteiger partial charge in [0.15, 0.2) is 0 Å². The number of ether oxygens (including phenoxy) is 1. The highest BCUT2D eigenvalue weighted by atomic mass is 16.5. The van der Waals surface area contributed by atoms with Crippen molar-refractivity contribution in [2.24, 2.45) is 0 Å². The molecule has 86 valence electrons. The van der Waals surface area contributed by atoms with E-state index < -0.39 is 0 Å². The zero-order chi connectivity index (χ0) is 10.8. The van der Waals surface area contributed by atoms with Crippen LogP contribution in [-0.4, -0.2) is 19.2 Å². The number of hydrogen-bond acceptors (Lipinski definition) is 2. The fourth-order valence-electron chi connectivity index (χ4n) is 2.73. The van der Waals surface area contributed by atoms with Crippen LogP contribution in [0, 0.1) is 0 Å². The van der Waals surface area contributed by atoms with Gasteiger partial charge in [-0.1, -0.05) is 6.07 Å².